The number of halogens is 2. The number of carbonyl (C=O) groups excluding carboxylic acids is 1. The van der Waals surface area contributed by atoms with Crippen molar-refractivity contribution in [1.82, 2.24) is 20.2 Å². The average molecular weight is 459 g/mol. The van der Waals surface area contributed by atoms with Gasteiger partial charge in [0.05, 0.1) is 13.1 Å². The van der Waals surface area contributed by atoms with Crippen molar-refractivity contribution in [2.75, 3.05) is 26.2 Å². The van der Waals surface area contributed by atoms with Gasteiger partial charge in [-0.3, -0.25) is 24.7 Å². The highest BCUT2D eigenvalue weighted by molar-refractivity contribution is 5.93. The van der Waals surface area contributed by atoms with Crippen LogP contribution in [0, 0.1) is 0 Å². The number of rotatable bonds is 7. The van der Waals surface area contributed by atoms with Crippen LogP contribution in [0.25, 0.3) is 0 Å². The molecule has 1 amide bonds. The summed E-state index contributed by atoms with van der Waals surface area (Å²) in [5.41, 5.74) is 5.52. The first-order valence-corrected chi connectivity index (χ1v) is 11.4. The van der Waals surface area contributed by atoms with Gasteiger partial charge in [-0.1, -0.05) is 36.4 Å². The van der Waals surface area contributed by atoms with Gasteiger partial charge < -0.3 is 0 Å². The van der Waals surface area contributed by atoms with Crippen LogP contribution in [-0.2, 0) is 19.6 Å². The molecule has 2 saturated heterocycles. The molecule has 33 heavy (non-hydrogen) atoms. The summed E-state index contributed by atoms with van der Waals surface area (Å²) in [6.07, 6.45) is 0. The summed E-state index contributed by atoms with van der Waals surface area (Å²) >= 11 is 0. The Morgan fingerprint density at radius 2 is 1.33 bits per heavy atom. The van der Waals surface area contributed by atoms with Gasteiger partial charge in [0.15, 0.2) is 0 Å². The molecular formula is C25H32F2N4O2. The first-order valence-electron chi connectivity index (χ1n) is 11.4. The Morgan fingerprint density at radius 3 is 1.82 bits per heavy atom. The van der Waals surface area contributed by atoms with Crippen molar-refractivity contribution >= 4 is 5.91 Å². The van der Waals surface area contributed by atoms with Crippen molar-refractivity contribution < 1.29 is 18.8 Å². The molecule has 0 spiro atoms. The molecule has 2 aromatic carbocycles. The number of likely N-dealkylation sites (tertiary alicyclic amines) is 1. The number of carbonyl (C=O) groups is 1. The maximum atomic E-state index is 13.0. The summed E-state index contributed by atoms with van der Waals surface area (Å²) in [5.74, 6) is -3.03. The number of hydrogen-bond donors (Lipinski definition) is 2. The van der Waals surface area contributed by atoms with E-state index in [2.05, 4.69) is 47.9 Å². The Labute approximate surface area is 193 Å². The van der Waals surface area contributed by atoms with Gasteiger partial charge in [-0.05, 0) is 42.7 Å². The second-order valence-corrected chi connectivity index (χ2v) is 9.52. The molecule has 2 fully saturated rings. The molecule has 2 atom stereocenters. The van der Waals surface area contributed by atoms with Crippen LogP contribution in [0.5, 0.6) is 0 Å². The van der Waals surface area contributed by atoms with Gasteiger partial charge in [0, 0.05) is 50.4 Å². The monoisotopic (exact) mass is 458 g/mol. The summed E-state index contributed by atoms with van der Waals surface area (Å²) in [4.78, 5) is 18.2. The van der Waals surface area contributed by atoms with Gasteiger partial charge in [0.2, 0.25) is 0 Å². The normalized spacial score (nSPS) is 23.8. The number of alkyl halides is 2. The molecule has 6 nitrogen and oxygen atoms in total. The lowest BCUT2D eigenvalue weighted by Crippen LogP contribution is -2.55. The van der Waals surface area contributed by atoms with Crippen LogP contribution in [0.2, 0.25) is 0 Å². The number of nitrogens with zero attached hydrogens (tertiary/aromatic N) is 3. The van der Waals surface area contributed by atoms with Crippen LogP contribution in [0.15, 0.2) is 48.5 Å². The third-order valence-electron chi connectivity index (χ3n) is 6.61. The molecule has 178 valence electrons. The Balaban J connectivity index is 1.28. The lowest BCUT2D eigenvalue weighted by atomic mass is 10.0. The molecule has 0 saturated carbocycles. The topological polar surface area (TPSA) is 59.1 Å². The highest BCUT2D eigenvalue weighted by Crippen LogP contribution is 2.28. The van der Waals surface area contributed by atoms with Gasteiger partial charge in [0.1, 0.15) is 0 Å². The van der Waals surface area contributed by atoms with Crippen LogP contribution in [-0.4, -0.2) is 70.0 Å². The number of hydroxylamine groups is 1. The molecule has 0 aliphatic carbocycles. The maximum Gasteiger partial charge on any atom is 0.274 e. The molecule has 0 aromatic heterocycles. The molecule has 4 rings (SSSR count). The molecule has 2 N–H and O–H groups in total. The number of amides is 1. The first kappa shape index (κ1) is 23.8. The number of benzene rings is 2. The lowest BCUT2D eigenvalue weighted by Gasteiger charge is -2.44. The third kappa shape index (κ3) is 5.95. The Bertz CT molecular complexity index is 932. The quantitative estimate of drug-likeness (QED) is 0.492. The van der Waals surface area contributed by atoms with E-state index in [-0.39, 0.29) is 13.1 Å². The molecule has 0 bridgehead atoms. The van der Waals surface area contributed by atoms with Gasteiger partial charge >= 0.3 is 0 Å². The highest BCUT2D eigenvalue weighted by Gasteiger charge is 2.43. The van der Waals surface area contributed by atoms with E-state index in [1.165, 1.54) is 5.56 Å². The van der Waals surface area contributed by atoms with Crippen molar-refractivity contribution in [2.24, 2.45) is 0 Å². The average Bonchev–Trinajstić information content (AvgIpc) is 2.76. The minimum absolute atomic E-state index is 0.143. The van der Waals surface area contributed by atoms with Gasteiger partial charge in [0.25, 0.3) is 11.8 Å². The Kier molecular flexibility index (Phi) is 7.09. The van der Waals surface area contributed by atoms with Crippen LogP contribution in [0.1, 0.15) is 40.9 Å². The van der Waals surface area contributed by atoms with Crippen molar-refractivity contribution in [3.63, 3.8) is 0 Å². The van der Waals surface area contributed by atoms with Crippen LogP contribution in [0.3, 0.4) is 0 Å². The predicted molar refractivity (Wildman–Crippen MR) is 122 cm³/mol. The van der Waals surface area contributed by atoms with E-state index >= 15 is 0 Å². The number of nitrogens with one attached hydrogen (secondary N) is 1. The molecule has 2 aliphatic heterocycles. The van der Waals surface area contributed by atoms with Gasteiger partial charge in [-0.2, -0.15) is 0 Å². The van der Waals surface area contributed by atoms with Crippen LogP contribution in [0.4, 0.5) is 8.78 Å². The standard InChI is InChI=1S/C25H32F2N4O2/c1-18-11-29(13-21-7-9-23(10-8-21)24(32)28-33)12-19(2)31(18)15-22-5-3-20(4-6-22)14-30-16-25(26,27)17-30/h3-10,18-19,33H,11-17H2,1-2H3,(H,28,32)/t18-,19+. The Hall–Kier alpha value is -2.39. The maximum absolute atomic E-state index is 13.0. The fraction of sp³-hybridized carbons (Fsp3) is 0.480. The summed E-state index contributed by atoms with van der Waals surface area (Å²) < 4.78 is 26.0. The third-order valence-corrected chi connectivity index (χ3v) is 6.61. The van der Waals surface area contributed by atoms with E-state index in [1.807, 2.05) is 12.1 Å². The van der Waals surface area contributed by atoms with Crippen LogP contribution < -0.4 is 5.48 Å². The zero-order valence-electron chi connectivity index (χ0n) is 19.2. The van der Waals surface area contributed by atoms with Gasteiger partial charge in [-0.15, -0.1) is 0 Å². The molecule has 8 heteroatoms. The highest BCUT2D eigenvalue weighted by atomic mass is 19.3. The molecule has 2 aliphatic rings. The summed E-state index contributed by atoms with van der Waals surface area (Å²) in [5, 5.41) is 8.75. The minimum Gasteiger partial charge on any atom is -0.296 e. The van der Waals surface area contributed by atoms with E-state index < -0.39 is 11.8 Å². The van der Waals surface area contributed by atoms with E-state index in [9.17, 15) is 13.6 Å². The Morgan fingerprint density at radius 1 is 0.879 bits per heavy atom. The zero-order valence-corrected chi connectivity index (χ0v) is 19.2. The molecule has 0 radical (unpaired) electrons. The summed E-state index contributed by atoms with van der Waals surface area (Å²) in [6.45, 7) is 8.36. The lowest BCUT2D eigenvalue weighted by molar-refractivity contribution is -0.133. The second kappa shape index (κ2) is 9.85. The minimum atomic E-state index is -2.52. The van der Waals surface area contributed by atoms with Crippen molar-refractivity contribution in [1.29, 1.82) is 0 Å². The van der Waals surface area contributed by atoms with Crippen molar-refractivity contribution in [3.8, 4) is 0 Å². The van der Waals surface area contributed by atoms with Gasteiger partial charge in [-0.25, -0.2) is 14.3 Å². The SMILES string of the molecule is C[C@@H]1CN(Cc2ccc(C(=O)NO)cc2)C[C@H](C)N1Cc1ccc(CN2CC(F)(F)C2)cc1. The summed E-state index contributed by atoms with van der Waals surface area (Å²) in [6, 6.07) is 16.4. The van der Waals surface area contributed by atoms with Crippen molar-refractivity contribution in [2.45, 2.75) is 51.5 Å². The van der Waals surface area contributed by atoms with Crippen molar-refractivity contribution in [3.05, 3.63) is 70.8 Å². The predicted octanol–water partition coefficient (Wildman–Crippen LogP) is 3.35. The largest absolute Gasteiger partial charge is 0.296 e. The zero-order chi connectivity index (χ0) is 23.6. The molecular weight excluding hydrogens is 426 g/mol. The number of piperazine rings is 1. The number of hydrogen-bond acceptors (Lipinski definition) is 5. The molecule has 0 unspecified atom stereocenters. The second-order valence-electron chi connectivity index (χ2n) is 9.52. The summed E-state index contributed by atoms with van der Waals surface area (Å²) in [7, 11) is 0. The molecule has 2 aromatic rings. The fourth-order valence-electron chi connectivity index (χ4n) is 4.93. The smallest absolute Gasteiger partial charge is 0.274 e. The van der Waals surface area contributed by atoms with E-state index in [0.717, 1.165) is 37.3 Å². The van der Waals surface area contributed by atoms with Crippen LogP contribution >= 0.6 is 0 Å². The van der Waals surface area contributed by atoms with E-state index in [0.29, 0.717) is 24.2 Å². The van der Waals surface area contributed by atoms with E-state index in [1.54, 1.807) is 22.5 Å². The van der Waals surface area contributed by atoms with E-state index in [4.69, 9.17) is 5.21 Å². The first-order chi connectivity index (χ1) is 15.7. The fourth-order valence-corrected chi connectivity index (χ4v) is 4.93. The molecule has 2 heterocycles.